The van der Waals surface area contributed by atoms with Crippen molar-refractivity contribution < 1.29 is 33.4 Å². The SMILES string of the molecule is CCOC(=O)COc1cc(/C=C2/C(=O)NC(=O)N(c3ccccc3)C2=O)ccc1OC. The molecular formula is C22H20N2O7. The van der Waals surface area contributed by atoms with E-state index in [2.05, 4.69) is 5.32 Å². The van der Waals surface area contributed by atoms with Crippen LogP contribution in [-0.2, 0) is 19.1 Å². The van der Waals surface area contributed by atoms with E-state index in [9.17, 15) is 19.2 Å². The molecule has 0 atom stereocenters. The molecule has 4 amide bonds. The van der Waals surface area contributed by atoms with Gasteiger partial charge in [-0.1, -0.05) is 24.3 Å². The third-order valence-electron chi connectivity index (χ3n) is 4.27. The molecule has 1 saturated heterocycles. The predicted octanol–water partition coefficient (Wildman–Crippen LogP) is 2.30. The van der Waals surface area contributed by atoms with Gasteiger partial charge in [-0.25, -0.2) is 14.5 Å². The number of hydrogen-bond acceptors (Lipinski definition) is 7. The summed E-state index contributed by atoms with van der Waals surface area (Å²) in [6, 6.07) is 12.1. The Hall–Kier alpha value is -4.14. The summed E-state index contributed by atoms with van der Waals surface area (Å²) in [5, 5.41) is 2.16. The number of carbonyl (C=O) groups is 4. The van der Waals surface area contributed by atoms with Gasteiger partial charge in [0.05, 0.1) is 19.4 Å². The molecule has 1 aliphatic heterocycles. The van der Waals surface area contributed by atoms with Crippen LogP contribution in [0.4, 0.5) is 10.5 Å². The number of rotatable bonds is 7. The minimum absolute atomic E-state index is 0.222. The number of carbonyl (C=O) groups excluding carboxylic acids is 4. The summed E-state index contributed by atoms with van der Waals surface area (Å²) in [4.78, 5) is 49.9. The molecule has 0 saturated carbocycles. The Morgan fingerprint density at radius 3 is 2.48 bits per heavy atom. The van der Waals surface area contributed by atoms with E-state index in [1.165, 1.54) is 19.3 Å². The number of amides is 4. The van der Waals surface area contributed by atoms with Crippen molar-refractivity contribution in [1.29, 1.82) is 0 Å². The molecule has 3 rings (SSSR count). The van der Waals surface area contributed by atoms with E-state index in [0.717, 1.165) is 4.90 Å². The molecule has 1 fully saturated rings. The fourth-order valence-electron chi connectivity index (χ4n) is 2.87. The summed E-state index contributed by atoms with van der Waals surface area (Å²) >= 11 is 0. The second-order valence-corrected chi connectivity index (χ2v) is 6.30. The molecule has 2 aromatic rings. The third-order valence-corrected chi connectivity index (χ3v) is 4.27. The fourth-order valence-corrected chi connectivity index (χ4v) is 2.87. The van der Waals surface area contributed by atoms with E-state index < -0.39 is 23.8 Å². The number of ether oxygens (including phenoxy) is 3. The van der Waals surface area contributed by atoms with Gasteiger partial charge in [0.2, 0.25) is 0 Å². The Labute approximate surface area is 178 Å². The molecule has 1 N–H and O–H groups in total. The predicted molar refractivity (Wildman–Crippen MR) is 111 cm³/mol. The van der Waals surface area contributed by atoms with Crippen LogP contribution >= 0.6 is 0 Å². The minimum Gasteiger partial charge on any atom is -0.493 e. The Kier molecular flexibility index (Phi) is 6.66. The Balaban J connectivity index is 1.91. The highest BCUT2D eigenvalue weighted by molar-refractivity contribution is 6.39. The number of anilines is 1. The molecule has 0 bridgehead atoms. The van der Waals surface area contributed by atoms with Gasteiger partial charge >= 0.3 is 12.0 Å². The largest absolute Gasteiger partial charge is 0.493 e. The molecule has 9 nitrogen and oxygen atoms in total. The lowest BCUT2D eigenvalue weighted by Gasteiger charge is -2.26. The zero-order chi connectivity index (χ0) is 22.4. The van der Waals surface area contributed by atoms with Crippen molar-refractivity contribution >= 4 is 35.6 Å². The van der Waals surface area contributed by atoms with Gasteiger partial charge < -0.3 is 14.2 Å². The summed E-state index contributed by atoms with van der Waals surface area (Å²) in [6.07, 6.45) is 1.33. The molecule has 1 aliphatic rings. The number of urea groups is 1. The summed E-state index contributed by atoms with van der Waals surface area (Å²) in [7, 11) is 1.44. The first-order valence-corrected chi connectivity index (χ1v) is 9.37. The van der Waals surface area contributed by atoms with Crippen molar-refractivity contribution in [2.24, 2.45) is 0 Å². The number of hydrogen-bond donors (Lipinski definition) is 1. The quantitative estimate of drug-likeness (QED) is 0.412. The Morgan fingerprint density at radius 2 is 1.81 bits per heavy atom. The third kappa shape index (κ3) is 4.89. The number of barbiturate groups is 1. The number of methoxy groups -OCH3 is 1. The lowest BCUT2D eigenvalue weighted by Crippen LogP contribution is -2.54. The number of benzene rings is 2. The number of nitrogens with one attached hydrogen (secondary N) is 1. The van der Waals surface area contributed by atoms with Gasteiger partial charge in [-0.05, 0) is 42.8 Å². The second kappa shape index (κ2) is 9.57. The molecule has 2 aromatic carbocycles. The van der Waals surface area contributed by atoms with Crippen LogP contribution in [0.15, 0.2) is 54.1 Å². The summed E-state index contributed by atoms with van der Waals surface area (Å²) < 4.78 is 15.5. The number of para-hydroxylation sites is 1. The van der Waals surface area contributed by atoms with E-state index in [4.69, 9.17) is 14.2 Å². The van der Waals surface area contributed by atoms with Crippen molar-refractivity contribution in [2.75, 3.05) is 25.2 Å². The summed E-state index contributed by atoms with van der Waals surface area (Å²) in [6.45, 7) is 1.57. The van der Waals surface area contributed by atoms with E-state index in [1.54, 1.807) is 49.4 Å². The van der Waals surface area contributed by atoms with Crippen LogP contribution in [0.25, 0.3) is 6.08 Å². The average molecular weight is 424 g/mol. The summed E-state index contributed by atoms with van der Waals surface area (Å²) in [5.74, 6) is -1.54. The molecule has 1 heterocycles. The highest BCUT2D eigenvalue weighted by Crippen LogP contribution is 2.30. The van der Waals surface area contributed by atoms with E-state index in [-0.39, 0.29) is 24.5 Å². The summed E-state index contributed by atoms with van der Waals surface area (Å²) in [5.41, 5.74) is 0.530. The number of nitrogens with zero attached hydrogens (tertiary/aromatic N) is 1. The molecule has 0 aliphatic carbocycles. The van der Waals surface area contributed by atoms with Crippen LogP contribution < -0.4 is 19.7 Å². The normalized spacial score (nSPS) is 15.0. The van der Waals surface area contributed by atoms with E-state index >= 15 is 0 Å². The minimum atomic E-state index is -0.827. The first-order chi connectivity index (χ1) is 14.9. The molecule has 0 unspecified atom stereocenters. The standard InChI is InChI=1S/C22H20N2O7/c1-3-30-19(25)13-31-18-12-14(9-10-17(18)29-2)11-16-20(26)23-22(28)24(21(16)27)15-7-5-4-6-8-15/h4-12H,3,13H2,1-2H3,(H,23,26,28)/b16-11-. The lowest BCUT2D eigenvalue weighted by atomic mass is 10.1. The van der Waals surface area contributed by atoms with Crippen molar-refractivity contribution in [2.45, 2.75) is 6.92 Å². The molecule has 9 heteroatoms. The van der Waals surface area contributed by atoms with Crippen LogP contribution in [0.1, 0.15) is 12.5 Å². The van der Waals surface area contributed by atoms with Gasteiger partial charge in [0.25, 0.3) is 11.8 Å². The monoisotopic (exact) mass is 424 g/mol. The smallest absolute Gasteiger partial charge is 0.344 e. The first-order valence-electron chi connectivity index (χ1n) is 9.37. The molecule has 0 radical (unpaired) electrons. The molecule has 0 spiro atoms. The molecular weight excluding hydrogens is 404 g/mol. The van der Waals surface area contributed by atoms with Gasteiger partial charge in [0.1, 0.15) is 5.57 Å². The fraction of sp³-hybridized carbons (Fsp3) is 0.182. The topological polar surface area (TPSA) is 111 Å². The van der Waals surface area contributed by atoms with Gasteiger partial charge in [0, 0.05) is 0 Å². The molecule has 160 valence electrons. The lowest BCUT2D eigenvalue weighted by molar-refractivity contribution is -0.145. The second-order valence-electron chi connectivity index (χ2n) is 6.30. The Bertz CT molecular complexity index is 1050. The van der Waals surface area contributed by atoms with Crippen LogP contribution in [0.5, 0.6) is 11.5 Å². The zero-order valence-electron chi connectivity index (χ0n) is 16.9. The number of imide groups is 2. The van der Waals surface area contributed by atoms with Crippen molar-refractivity contribution in [3.63, 3.8) is 0 Å². The maximum Gasteiger partial charge on any atom is 0.344 e. The molecule has 31 heavy (non-hydrogen) atoms. The van der Waals surface area contributed by atoms with Gasteiger partial charge in [-0.3, -0.25) is 14.9 Å². The van der Waals surface area contributed by atoms with Crippen LogP contribution in [0, 0.1) is 0 Å². The van der Waals surface area contributed by atoms with Crippen molar-refractivity contribution in [3.05, 3.63) is 59.7 Å². The highest BCUT2D eigenvalue weighted by Gasteiger charge is 2.36. The van der Waals surface area contributed by atoms with E-state index in [0.29, 0.717) is 17.0 Å². The highest BCUT2D eigenvalue weighted by atomic mass is 16.6. The maximum atomic E-state index is 12.9. The number of esters is 1. The maximum absolute atomic E-state index is 12.9. The van der Waals surface area contributed by atoms with Crippen LogP contribution in [0.3, 0.4) is 0 Å². The van der Waals surface area contributed by atoms with Gasteiger partial charge in [0.15, 0.2) is 18.1 Å². The van der Waals surface area contributed by atoms with E-state index in [1.807, 2.05) is 0 Å². The van der Waals surface area contributed by atoms with Crippen LogP contribution in [-0.4, -0.2) is 44.1 Å². The van der Waals surface area contributed by atoms with Gasteiger partial charge in [-0.2, -0.15) is 0 Å². The average Bonchev–Trinajstić information content (AvgIpc) is 2.76. The van der Waals surface area contributed by atoms with Crippen molar-refractivity contribution in [3.8, 4) is 11.5 Å². The molecule has 0 aromatic heterocycles. The van der Waals surface area contributed by atoms with Crippen LogP contribution in [0.2, 0.25) is 0 Å². The first kappa shape index (κ1) is 21.6. The van der Waals surface area contributed by atoms with Gasteiger partial charge in [-0.15, -0.1) is 0 Å². The van der Waals surface area contributed by atoms with Crippen molar-refractivity contribution in [1.82, 2.24) is 5.32 Å². The zero-order valence-corrected chi connectivity index (χ0v) is 16.9. The Morgan fingerprint density at radius 1 is 1.06 bits per heavy atom.